The zero-order chi connectivity index (χ0) is 33.3. The van der Waals surface area contributed by atoms with Crippen LogP contribution in [0, 0.1) is 5.82 Å². The van der Waals surface area contributed by atoms with Gasteiger partial charge in [0.15, 0.2) is 0 Å². The second-order valence-corrected chi connectivity index (χ2v) is 13.8. The molecule has 2 aliphatic heterocycles. The van der Waals surface area contributed by atoms with Crippen LogP contribution in [0.25, 0.3) is 16.9 Å². The summed E-state index contributed by atoms with van der Waals surface area (Å²) in [5.41, 5.74) is 2.09. The Hall–Kier alpha value is -4.76. The third-order valence-electron chi connectivity index (χ3n) is 8.06. The second kappa shape index (κ2) is 13.4. The molecule has 1 atom stereocenters. The number of hydrogen-bond donors (Lipinski definition) is 0. The van der Waals surface area contributed by atoms with Crippen molar-refractivity contribution >= 4 is 35.4 Å². The predicted octanol–water partition coefficient (Wildman–Crippen LogP) is 4.64. The molecule has 2 aliphatic rings. The van der Waals surface area contributed by atoms with E-state index >= 15 is 0 Å². The summed E-state index contributed by atoms with van der Waals surface area (Å²) in [5.74, 6) is 1.18. The Kier molecular flexibility index (Phi) is 8.88. The average Bonchev–Trinajstić information content (AvgIpc) is 3.73. The van der Waals surface area contributed by atoms with Gasteiger partial charge in [-0.05, 0) is 45.0 Å². The first-order valence-corrected chi connectivity index (χ1v) is 16.7. The van der Waals surface area contributed by atoms with E-state index in [1.165, 1.54) is 17.8 Å². The van der Waals surface area contributed by atoms with E-state index in [-0.39, 0.29) is 18.0 Å². The molecule has 1 amide bonds. The molecule has 6 heterocycles. The van der Waals surface area contributed by atoms with Crippen molar-refractivity contribution in [2.75, 3.05) is 55.7 Å². The molecule has 250 valence electrons. The van der Waals surface area contributed by atoms with Gasteiger partial charge in [-0.3, -0.25) is 9.08 Å². The predicted molar refractivity (Wildman–Crippen MR) is 179 cm³/mol. The van der Waals surface area contributed by atoms with E-state index in [2.05, 4.69) is 34.3 Å². The van der Waals surface area contributed by atoms with Gasteiger partial charge >= 0.3 is 6.09 Å². The summed E-state index contributed by atoms with van der Waals surface area (Å²) >= 11 is 1.31. The Morgan fingerprint density at radius 2 is 1.75 bits per heavy atom. The highest BCUT2D eigenvalue weighted by molar-refractivity contribution is 7.99. The Morgan fingerprint density at radius 3 is 2.52 bits per heavy atom. The van der Waals surface area contributed by atoms with Gasteiger partial charge in [0.25, 0.3) is 0 Å². The second-order valence-electron chi connectivity index (χ2n) is 12.7. The maximum absolute atomic E-state index is 14.1. The third-order valence-corrected chi connectivity index (χ3v) is 9.06. The van der Waals surface area contributed by atoms with E-state index in [9.17, 15) is 9.18 Å². The smallest absolute Gasteiger partial charge is 0.410 e. The van der Waals surface area contributed by atoms with Crippen LogP contribution in [0.3, 0.4) is 0 Å². The zero-order valence-corrected chi connectivity index (χ0v) is 27.9. The van der Waals surface area contributed by atoms with E-state index in [1.54, 1.807) is 35.8 Å². The molecule has 5 aromatic rings. The van der Waals surface area contributed by atoms with Gasteiger partial charge in [-0.1, -0.05) is 23.9 Å². The molecule has 0 bridgehead atoms. The van der Waals surface area contributed by atoms with Gasteiger partial charge in [-0.2, -0.15) is 5.10 Å². The maximum Gasteiger partial charge on any atom is 0.410 e. The summed E-state index contributed by atoms with van der Waals surface area (Å²) in [6.45, 7) is 10.3. The quantitative estimate of drug-likeness (QED) is 0.241. The molecule has 13 nitrogen and oxygen atoms in total. The minimum Gasteiger partial charge on any atom is -0.444 e. The van der Waals surface area contributed by atoms with Crippen molar-refractivity contribution in [2.24, 2.45) is 0 Å². The Bertz CT molecular complexity index is 1880. The number of aromatic nitrogens is 7. The number of hydrogen-bond acceptors (Lipinski definition) is 11. The highest BCUT2D eigenvalue weighted by atomic mass is 32.2. The molecule has 1 aromatic carbocycles. The first-order chi connectivity index (χ1) is 23.2. The van der Waals surface area contributed by atoms with E-state index in [4.69, 9.17) is 14.5 Å². The van der Waals surface area contributed by atoms with Crippen LogP contribution in [-0.4, -0.2) is 103 Å². The molecule has 4 aromatic heterocycles. The van der Waals surface area contributed by atoms with E-state index < -0.39 is 5.60 Å². The van der Waals surface area contributed by atoms with Crippen LogP contribution in [0.1, 0.15) is 20.8 Å². The number of amides is 1. The maximum atomic E-state index is 14.1. The molecule has 2 fully saturated rings. The monoisotopic (exact) mass is 672 g/mol. The normalized spacial score (nSPS) is 17.2. The lowest BCUT2D eigenvalue weighted by atomic mass is 10.2. The summed E-state index contributed by atoms with van der Waals surface area (Å²) in [5, 5.41) is 4.62. The molecule has 2 saturated heterocycles. The molecule has 15 heteroatoms. The first-order valence-electron chi connectivity index (χ1n) is 15.9. The van der Waals surface area contributed by atoms with Crippen LogP contribution < -0.4 is 9.80 Å². The van der Waals surface area contributed by atoms with Crippen molar-refractivity contribution in [1.29, 1.82) is 0 Å². The molecule has 0 saturated carbocycles. The fourth-order valence-electron chi connectivity index (χ4n) is 5.80. The molecular weight excluding hydrogens is 635 g/mol. The molecule has 48 heavy (non-hydrogen) atoms. The van der Waals surface area contributed by atoms with Gasteiger partial charge in [-0.25, -0.2) is 29.1 Å². The first kappa shape index (κ1) is 31.8. The molecular formula is C33H37FN10O3S. The van der Waals surface area contributed by atoms with Gasteiger partial charge < -0.3 is 24.2 Å². The summed E-state index contributed by atoms with van der Waals surface area (Å²) in [4.78, 5) is 38.4. The number of ether oxygens (including phenoxy) is 2. The number of fused-ring (bicyclic) bond motifs is 1. The van der Waals surface area contributed by atoms with Crippen molar-refractivity contribution in [1.82, 2.24) is 39.0 Å². The van der Waals surface area contributed by atoms with Crippen LogP contribution >= 0.6 is 11.8 Å². The number of carbonyl (C=O) groups is 1. The fraction of sp³-hybridized carbons (Fsp3) is 0.394. The summed E-state index contributed by atoms with van der Waals surface area (Å²) in [7, 11) is 0. The van der Waals surface area contributed by atoms with Gasteiger partial charge in [0.05, 0.1) is 37.7 Å². The van der Waals surface area contributed by atoms with Gasteiger partial charge in [-0.15, -0.1) is 0 Å². The highest BCUT2D eigenvalue weighted by Crippen LogP contribution is 2.30. The largest absolute Gasteiger partial charge is 0.444 e. The van der Waals surface area contributed by atoms with Crippen molar-refractivity contribution in [3.63, 3.8) is 0 Å². The lowest BCUT2D eigenvalue weighted by Crippen LogP contribution is -2.48. The van der Waals surface area contributed by atoms with Gasteiger partial charge in [0.1, 0.15) is 23.4 Å². The third kappa shape index (κ3) is 7.06. The van der Waals surface area contributed by atoms with Crippen molar-refractivity contribution in [2.45, 2.75) is 48.8 Å². The topological polar surface area (TPSA) is 119 Å². The van der Waals surface area contributed by atoms with Crippen LogP contribution in [0.2, 0.25) is 0 Å². The number of halogens is 1. The zero-order valence-electron chi connectivity index (χ0n) is 27.1. The van der Waals surface area contributed by atoms with Crippen LogP contribution in [0.5, 0.6) is 0 Å². The van der Waals surface area contributed by atoms with Gasteiger partial charge in [0.2, 0.25) is 11.9 Å². The number of piperazine rings is 1. The van der Waals surface area contributed by atoms with Gasteiger partial charge in [0, 0.05) is 66.7 Å². The van der Waals surface area contributed by atoms with Crippen molar-refractivity contribution < 1.29 is 18.7 Å². The minimum atomic E-state index is -0.551. The van der Waals surface area contributed by atoms with Crippen molar-refractivity contribution in [3.05, 3.63) is 73.3 Å². The van der Waals surface area contributed by atoms with Crippen molar-refractivity contribution in [3.8, 4) is 11.3 Å². The Labute approximate surface area is 281 Å². The Balaban J connectivity index is 1.01. The number of anilines is 2. The summed E-state index contributed by atoms with van der Waals surface area (Å²) in [6, 6.07) is 10.7. The molecule has 7 rings (SSSR count). The van der Waals surface area contributed by atoms with Crippen LogP contribution in [-0.2, 0) is 16.0 Å². The number of benzene rings is 1. The van der Waals surface area contributed by atoms with Crippen LogP contribution in [0.4, 0.5) is 21.1 Å². The molecule has 0 aliphatic carbocycles. The fourth-order valence-corrected chi connectivity index (χ4v) is 6.57. The number of rotatable bonds is 7. The average molecular weight is 673 g/mol. The number of carbonyl (C=O) groups excluding carboxylic acids is 1. The lowest BCUT2D eigenvalue weighted by Gasteiger charge is -2.35. The molecule has 0 radical (unpaired) electrons. The summed E-state index contributed by atoms with van der Waals surface area (Å²) < 4.78 is 29.5. The van der Waals surface area contributed by atoms with E-state index in [0.29, 0.717) is 63.3 Å². The highest BCUT2D eigenvalue weighted by Gasteiger charge is 2.29. The van der Waals surface area contributed by atoms with Crippen LogP contribution in [0.15, 0.2) is 77.3 Å². The molecule has 0 spiro atoms. The SMILES string of the molecule is CC(C)(C)OC(=O)N1CCOC(Cn2cc(-c3ccc4ncnc(N5CCN(c6ncc(Sc7ccccc7F)cn6)CC5)n34)cn2)C1. The number of nitrogens with zero attached hydrogens (tertiary/aromatic N) is 10. The number of morpholine rings is 1. The summed E-state index contributed by atoms with van der Waals surface area (Å²) in [6.07, 6.45) is 8.35. The van der Waals surface area contributed by atoms with E-state index in [0.717, 1.165) is 27.7 Å². The minimum absolute atomic E-state index is 0.205. The van der Waals surface area contributed by atoms with E-state index in [1.807, 2.05) is 56.0 Å². The standard InChI is InChI=1S/C33H37FN10O3S/c1-33(2,3)47-32(45)42-14-15-46-24(20-42)21-43-19-23(16-39-43)27-8-9-29-37-22-38-31(44(27)29)41-12-10-40(11-13-41)30-35-17-25(18-36-30)48-28-7-5-4-6-26(28)34/h4-9,16-19,22,24H,10-15,20-21H2,1-3H3. The lowest BCUT2D eigenvalue weighted by molar-refractivity contribution is -0.0483. The molecule has 1 unspecified atom stereocenters. The molecule has 0 N–H and O–H groups in total. The Morgan fingerprint density at radius 1 is 0.979 bits per heavy atom.